The molecule has 0 radical (unpaired) electrons. The van der Waals surface area contributed by atoms with Crippen molar-refractivity contribution < 1.29 is 45.4 Å². The molecule has 0 aliphatic carbocycles. The van der Waals surface area contributed by atoms with E-state index >= 15 is 0 Å². The van der Waals surface area contributed by atoms with Gasteiger partial charge in [0.1, 0.15) is 26.3 Å². The van der Waals surface area contributed by atoms with Crippen molar-refractivity contribution >= 4 is 12.2 Å². The summed E-state index contributed by atoms with van der Waals surface area (Å²) in [5.74, 6) is 0. The van der Waals surface area contributed by atoms with Crippen LogP contribution in [0.15, 0.2) is 24.3 Å². The first kappa shape index (κ1) is 21.4. The molecule has 0 saturated carbocycles. The van der Waals surface area contributed by atoms with Crippen LogP contribution >= 0.6 is 0 Å². The minimum atomic E-state index is -4.57. The maximum Gasteiger partial charge on any atom is 0.407 e. The largest absolute Gasteiger partial charge is 0.445 e. The molecule has 146 valence electrons. The Morgan fingerprint density at radius 3 is 1.54 bits per heavy atom. The van der Waals surface area contributed by atoms with Crippen LogP contribution in [0.25, 0.3) is 0 Å². The Kier molecular flexibility index (Phi) is 7.53. The van der Waals surface area contributed by atoms with Gasteiger partial charge in [-0.25, -0.2) is 9.59 Å². The fraction of sp³-hybridized carbons (Fsp3) is 0.429. The molecule has 1 aromatic rings. The molecule has 0 spiro atoms. The molecule has 1 rings (SSSR count). The van der Waals surface area contributed by atoms with E-state index in [1.807, 2.05) is 0 Å². The Morgan fingerprint density at radius 1 is 0.808 bits per heavy atom. The summed E-state index contributed by atoms with van der Waals surface area (Å²) in [7, 11) is 0. The molecule has 6 nitrogen and oxygen atoms in total. The number of hydrogen-bond acceptors (Lipinski definition) is 4. The van der Waals surface area contributed by atoms with Crippen LogP contribution in [0.3, 0.4) is 0 Å². The average molecular weight is 388 g/mol. The predicted molar refractivity (Wildman–Crippen MR) is 74.9 cm³/mol. The van der Waals surface area contributed by atoms with E-state index in [-0.39, 0.29) is 13.2 Å². The van der Waals surface area contributed by atoms with E-state index in [1.54, 1.807) is 0 Å². The second-order valence-corrected chi connectivity index (χ2v) is 4.91. The summed E-state index contributed by atoms with van der Waals surface area (Å²) in [6, 6.07) is 5.88. The normalized spacial score (nSPS) is 11.6. The Balaban J connectivity index is 2.40. The Hall–Kier alpha value is -2.66. The van der Waals surface area contributed by atoms with Gasteiger partial charge in [-0.15, -0.1) is 0 Å². The first-order valence-electron chi connectivity index (χ1n) is 6.97. The van der Waals surface area contributed by atoms with Crippen molar-refractivity contribution in [3.63, 3.8) is 0 Å². The first-order valence-corrected chi connectivity index (χ1v) is 6.97. The summed E-state index contributed by atoms with van der Waals surface area (Å²) < 4.78 is 80.7. The van der Waals surface area contributed by atoms with Gasteiger partial charge in [0.15, 0.2) is 0 Å². The Labute approximate surface area is 143 Å². The number of halogens is 6. The minimum absolute atomic E-state index is 0.349. The number of benzene rings is 1. The van der Waals surface area contributed by atoms with Gasteiger partial charge >= 0.3 is 24.5 Å². The standard InChI is InChI=1S/C14H14F6N2O4/c15-13(16,17)7-21-11(23)25-5-9-2-1-3-10(4-9)6-26-12(24)22-8-14(18,19)20/h1-4H,5-8H2,(H,21,23)(H,22,24). The topological polar surface area (TPSA) is 76.7 Å². The third-order valence-corrected chi connectivity index (χ3v) is 2.60. The van der Waals surface area contributed by atoms with Gasteiger partial charge in [-0.1, -0.05) is 18.2 Å². The van der Waals surface area contributed by atoms with Crippen LogP contribution in [0.2, 0.25) is 0 Å². The third kappa shape index (κ3) is 10.3. The zero-order chi connectivity index (χ0) is 19.8. The van der Waals surface area contributed by atoms with Gasteiger partial charge < -0.3 is 20.1 Å². The number of carbonyl (C=O) groups excluding carboxylic acids is 2. The SMILES string of the molecule is O=C(NCC(F)(F)F)OCc1cccc(COC(=O)NCC(F)(F)F)c1. The summed E-state index contributed by atoms with van der Waals surface area (Å²) in [4.78, 5) is 22.2. The second-order valence-electron chi connectivity index (χ2n) is 4.91. The summed E-state index contributed by atoms with van der Waals surface area (Å²) in [6.45, 7) is -3.77. The number of hydrogen-bond donors (Lipinski definition) is 2. The van der Waals surface area contributed by atoms with Crippen molar-refractivity contribution in [1.29, 1.82) is 0 Å². The van der Waals surface area contributed by atoms with Crippen LogP contribution in [0.4, 0.5) is 35.9 Å². The molecular weight excluding hydrogens is 374 g/mol. The Morgan fingerprint density at radius 2 is 1.19 bits per heavy atom. The van der Waals surface area contributed by atoms with Gasteiger partial charge in [0.25, 0.3) is 0 Å². The average Bonchev–Trinajstić information content (AvgIpc) is 2.53. The zero-order valence-corrected chi connectivity index (χ0v) is 13.0. The molecule has 2 N–H and O–H groups in total. The summed E-state index contributed by atoms with van der Waals surface area (Å²) in [5.41, 5.74) is 0.757. The summed E-state index contributed by atoms with van der Waals surface area (Å²) >= 11 is 0. The molecule has 0 unspecified atom stereocenters. The zero-order valence-electron chi connectivity index (χ0n) is 13.0. The molecular formula is C14H14F6N2O4. The fourth-order valence-corrected chi connectivity index (χ4v) is 1.55. The molecule has 2 amide bonds. The fourth-order valence-electron chi connectivity index (χ4n) is 1.55. The highest BCUT2D eigenvalue weighted by Crippen LogP contribution is 2.13. The van der Waals surface area contributed by atoms with E-state index in [2.05, 4.69) is 9.47 Å². The van der Waals surface area contributed by atoms with Gasteiger partial charge in [0.05, 0.1) is 0 Å². The van der Waals surface area contributed by atoms with E-state index in [0.29, 0.717) is 11.1 Å². The molecule has 0 fully saturated rings. The summed E-state index contributed by atoms with van der Waals surface area (Å²) in [6.07, 6.45) is -11.7. The summed E-state index contributed by atoms with van der Waals surface area (Å²) in [5, 5.41) is 3.04. The van der Waals surface area contributed by atoms with Crippen LogP contribution in [0.1, 0.15) is 11.1 Å². The second kappa shape index (κ2) is 9.15. The lowest BCUT2D eigenvalue weighted by Gasteiger charge is -2.11. The molecule has 0 saturated heterocycles. The van der Waals surface area contributed by atoms with Crippen molar-refractivity contribution in [2.75, 3.05) is 13.1 Å². The number of alkyl halides is 6. The number of alkyl carbamates (subject to hydrolysis) is 2. The lowest BCUT2D eigenvalue weighted by atomic mass is 10.1. The van der Waals surface area contributed by atoms with Crippen molar-refractivity contribution in [2.45, 2.75) is 25.6 Å². The van der Waals surface area contributed by atoms with Gasteiger partial charge in [0.2, 0.25) is 0 Å². The van der Waals surface area contributed by atoms with Gasteiger partial charge in [-0.05, 0) is 17.2 Å². The molecule has 0 heterocycles. The third-order valence-electron chi connectivity index (χ3n) is 2.60. The lowest BCUT2D eigenvalue weighted by Crippen LogP contribution is -2.34. The van der Waals surface area contributed by atoms with E-state index in [4.69, 9.17) is 0 Å². The highest BCUT2D eigenvalue weighted by molar-refractivity contribution is 5.67. The molecule has 0 aromatic heterocycles. The highest BCUT2D eigenvalue weighted by Gasteiger charge is 2.28. The van der Waals surface area contributed by atoms with E-state index in [1.165, 1.54) is 34.9 Å². The lowest BCUT2D eigenvalue weighted by molar-refractivity contribution is -0.124. The van der Waals surface area contributed by atoms with Crippen LogP contribution in [0, 0.1) is 0 Å². The first-order chi connectivity index (χ1) is 11.9. The molecule has 12 heteroatoms. The predicted octanol–water partition coefficient (Wildman–Crippen LogP) is 3.26. The highest BCUT2D eigenvalue weighted by atomic mass is 19.4. The minimum Gasteiger partial charge on any atom is -0.445 e. The number of ether oxygens (including phenoxy) is 2. The van der Waals surface area contributed by atoms with Crippen molar-refractivity contribution in [3.8, 4) is 0 Å². The van der Waals surface area contributed by atoms with E-state index < -0.39 is 37.6 Å². The molecule has 0 bridgehead atoms. The van der Waals surface area contributed by atoms with Crippen molar-refractivity contribution in [3.05, 3.63) is 35.4 Å². The number of rotatable bonds is 6. The smallest absolute Gasteiger partial charge is 0.407 e. The molecule has 0 aliphatic heterocycles. The van der Waals surface area contributed by atoms with E-state index in [0.717, 1.165) is 0 Å². The monoisotopic (exact) mass is 388 g/mol. The van der Waals surface area contributed by atoms with Crippen molar-refractivity contribution in [1.82, 2.24) is 10.6 Å². The molecule has 0 aliphatic rings. The van der Waals surface area contributed by atoms with Crippen LogP contribution in [-0.4, -0.2) is 37.6 Å². The van der Waals surface area contributed by atoms with Gasteiger partial charge in [-0.3, -0.25) is 0 Å². The molecule has 1 aromatic carbocycles. The maximum absolute atomic E-state index is 11.9. The number of amides is 2. The van der Waals surface area contributed by atoms with E-state index in [9.17, 15) is 35.9 Å². The Bertz CT molecular complexity index is 569. The quantitative estimate of drug-likeness (QED) is 0.734. The maximum atomic E-state index is 11.9. The number of nitrogens with one attached hydrogen (secondary N) is 2. The molecule has 0 atom stereocenters. The van der Waals surface area contributed by atoms with Crippen LogP contribution in [-0.2, 0) is 22.7 Å². The van der Waals surface area contributed by atoms with Gasteiger partial charge in [-0.2, -0.15) is 26.3 Å². The van der Waals surface area contributed by atoms with Crippen molar-refractivity contribution in [2.24, 2.45) is 0 Å². The van der Waals surface area contributed by atoms with Gasteiger partial charge in [0, 0.05) is 0 Å². The van der Waals surface area contributed by atoms with Crippen LogP contribution in [0.5, 0.6) is 0 Å². The van der Waals surface area contributed by atoms with Crippen LogP contribution < -0.4 is 10.6 Å². The molecule has 26 heavy (non-hydrogen) atoms. The number of carbonyl (C=O) groups is 2.